The zero-order valence-electron chi connectivity index (χ0n) is 11.1. The molecular weight excluding hydrogens is 230 g/mol. The molecule has 1 unspecified atom stereocenters. The lowest BCUT2D eigenvalue weighted by molar-refractivity contribution is 0.0927. The third kappa shape index (κ3) is 2.20. The molecule has 1 aromatic rings. The monoisotopic (exact) mass is 249 g/mol. The van der Waals surface area contributed by atoms with Gasteiger partial charge in [-0.2, -0.15) is 0 Å². The molecule has 1 atom stereocenters. The van der Waals surface area contributed by atoms with Gasteiger partial charge in [0.05, 0.1) is 19.8 Å². The van der Waals surface area contributed by atoms with E-state index in [1.54, 1.807) is 20.3 Å². The van der Waals surface area contributed by atoms with E-state index in [4.69, 9.17) is 9.47 Å². The molecule has 0 amide bonds. The van der Waals surface area contributed by atoms with Crippen LogP contribution in [0.15, 0.2) is 12.1 Å². The number of carbonyl (C=O) groups excluding carboxylic acids is 1. The van der Waals surface area contributed by atoms with E-state index in [9.17, 15) is 4.79 Å². The van der Waals surface area contributed by atoms with Crippen LogP contribution in [0, 0.1) is 12.8 Å². The van der Waals surface area contributed by atoms with Crippen molar-refractivity contribution in [3.05, 3.63) is 23.3 Å². The Morgan fingerprint density at radius 1 is 1.33 bits per heavy atom. The topological polar surface area (TPSA) is 47.6 Å². The van der Waals surface area contributed by atoms with Crippen molar-refractivity contribution in [3.63, 3.8) is 0 Å². The molecule has 1 aromatic carbocycles. The molecular formula is C14H19NO3. The smallest absolute Gasteiger partial charge is 0.170 e. The molecule has 1 fully saturated rings. The molecule has 0 saturated carbocycles. The van der Waals surface area contributed by atoms with Gasteiger partial charge in [0.1, 0.15) is 11.5 Å². The van der Waals surface area contributed by atoms with E-state index in [1.165, 1.54) is 0 Å². The Labute approximate surface area is 107 Å². The van der Waals surface area contributed by atoms with E-state index >= 15 is 0 Å². The normalized spacial score (nSPS) is 18.7. The van der Waals surface area contributed by atoms with E-state index in [0.29, 0.717) is 11.3 Å². The molecule has 4 heteroatoms. The van der Waals surface area contributed by atoms with Crippen LogP contribution >= 0.6 is 0 Å². The average Bonchev–Trinajstić information content (AvgIpc) is 2.91. The maximum absolute atomic E-state index is 12.4. The van der Waals surface area contributed by atoms with Crippen LogP contribution in [0.4, 0.5) is 0 Å². The predicted octanol–water partition coefficient (Wildman–Crippen LogP) is 1.80. The molecule has 18 heavy (non-hydrogen) atoms. The van der Waals surface area contributed by atoms with Gasteiger partial charge in [-0.25, -0.2) is 0 Å². The van der Waals surface area contributed by atoms with Gasteiger partial charge in [-0.05, 0) is 32.0 Å². The van der Waals surface area contributed by atoms with Gasteiger partial charge >= 0.3 is 0 Å². The number of ketones is 1. The molecule has 0 radical (unpaired) electrons. The zero-order chi connectivity index (χ0) is 13.1. The highest BCUT2D eigenvalue weighted by Gasteiger charge is 2.27. The van der Waals surface area contributed by atoms with Crippen LogP contribution in [0.2, 0.25) is 0 Å². The number of methoxy groups -OCH3 is 2. The second-order valence-corrected chi connectivity index (χ2v) is 4.53. The second-order valence-electron chi connectivity index (χ2n) is 4.53. The Morgan fingerprint density at radius 3 is 2.67 bits per heavy atom. The van der Waals surface area contributed by atoms with Gasteiger partial charge in [0.25, 0.3) is 0 Å². The highest BCUT2D eigenvalue weighted by Crippen LogP contribution is 2.33. The molecule has 98 valence electrons. The summed E-state index contributed by atoms with van der Waals surface area (Å²) < 4.78 is 10.6. The lowest BCUT2D eigenvalue weighted by Gasteiger charge is -2.15. The van der Waals surface area contributed by atoms with Gasteiger partial charge in [0.15, 0.2) is 5.78 Å². The SMILES string of the molecule is COc1ccc(C(=O)C2CCNC2)c(OC)c1C. The molecule has 0 aromatic heterocycles. The summed E-state index contributed by atoms with van der Waals surface area (Å²) in [5.74, 6) is 1.59. The fourth-order valence-corrected chi connectivity index (χ4v) is 2.45. The number of carbonyl (C=O) groups is 1. The Bertz CT molecular complexity index is 451. The summed E-state index contributed by atoms with van der Waals surface area (Å²) in [6.07, 6.45) is 0.896. The van der Waals surface area contributed by atoms with Crippen molar-refractivity contribution < 1.29 is 14.3 Å². The Morgan fingerprint density at radius 2 is 2.11 bits per heavy atom. The number of Topliss-reactive ketones (excluding diaryl/α,β-unsaturated/α-hetero) is 1. The largest absolute Gasteiger partial charge is 0.496 e. The second kappa shape index (κ2) is 5.40. The summed E-state index contributed by atoms with van der Waals surface area (Å²) >= 11 is 0. The van der Waals surface area contributed by atoms with Crippen molar-refractivity contribution in [1.29, 1.82) is 0 Å². The first-order chi connectivity index (χ1) is 8.69. The molecule has 2 rings (SSSR count). The number of hydrogen-bond acceptors (Lipinski definition) is 4. The van der Waals surface area contributed by atoms with Gasteiger partial charge < -0.3 is 14.8 Å². The van der Waals surface area contributed by atoms with Crippen molar-refractivity contribution in [3.8, 4) is 11.5 Å². The van der Waals surface area contributed by atoms with Gasteiger partial charge in [-0.3, -0.25) is 4.79 Å². The van der Waals surface area contributed by atoms with E-state index < -0.39 is 0 Å². The van der Waals surface area contributed by atoms with Gasteiger partial charge in [0.2, 0.25) is 0 Å². The van der Waals surface area contributed by atoms with Crippen LogP contribution in [-0.4, -0.2) is 33.1 Å². The minimum Gasteiger partial charge on any atom is -0.496 e. The molecule has 1 heterocycles. The summed E-state index contributed by atoms with van der Waals surface area (Å²) in [6, 6.07) is 3.62. The number of rotatable bonds is 4. The van der Waals surface area contributed by atoms with Crippen LogP contribution in [0.3, 0.4) is 0 Å². The Hall–Kier alpha value is -1.55. The molecule has 0 spiro atoms. The fraction of sp³-hybridized carbons (Fsp3) is 0.500. The van der Waals surface area contributed by atoms with Crippen LogP contribution in [0.5, 0.6) is 11.5 Å². The van der Waals surface area contributed by atoms with Gasteiger partial charge in [0, 0.05) is 18.0 Å². The van der Waals surface area contributed by atoms with Gasteiger partial charge in [-0.15, -0.1) is 0 Å². The fourth-order valence-electron chi connectivity index (χ4n) is 2.45. The van der Waals surface area contributed by atoms with E-state index in [2.05, 4.69) is 5.32 Å². The molecule has 1 aliphatic heterocycles. The Kier molecular flexibility index (Phi) is 3.87. The summed E-state index contributed by atoms with van der Waals surface area (Å²) in [5.41, 5.74) is 1.53. The molecule has 1 saturated heterocycles. The molecule has 0 bridgehead atoms. The number of hydrogen-bond donors (Lipinski definition) is 1. The van der Waals surface area contributed by atoms with Crippen LogP contribution < -0.4 is 14.8 Å². The van der Waals surface area contributed by atoms with Crippen LogP contribution in [-0.2, 0) is 0 Å². The summed E-state index contributed by atoms with van der Waals surface area (Å²) in [4.78, 5) is 12.4. The van der Waals surface area contributed by atoms with Crippen molar-refractivity contribution in [2.24, 2.45) is 5.92 Å². The number of ether oxygens (including phenoxy) is 2. The summed E-state index contributed by atoms with van der Waals surface area (Å²) in [7, 11) is 3.20. The minimum absolute atomic E-state index is 0.0618. The highest BCUT2D eigenvalue weighted by atomic mass is 16.5. The lowest BCUT2D eigenvalue weighted by atomic mass is 9.94. The quantitative estimate of drug-likeness (QED) is 0.827. The van der Waals surface area contributed by atoms with Crippen molar-refractivity contribution in [1.82, 2.24) is 5.32 Å². The first-order valence-electron chi connectivity index (χ1n) is 6.15. The maximum atomic E-state index is 12.4. The first kappa shape index (κ1) is 12.9. The summed E-state index contributed by atoms with van der Waals surface area (Å²) in [5, 5.41) is 3.21. The first-order valence-corrected chi connectivity index (χ1v) is 6.15. The van der Waals surface area contributed by atoms with Crippen LogP contribution in [0.1, 0.15) is 22.3 Å². The third-order valence-electron chi connectivity index (χ3n) is 3.48. The molecule has 0 aliphatic carbocycles. The third-order valence-corrected chi connectivity index (χ3v) is 3.48. The van der Waals surface area contributed by atoms with Gasteiger partial charge in [-0.1, -0.05) is 0 Å². The van der Waals surface area contributed by atoms with E-state index in [-0.39, 0.29) is 11.7 Å². The number of nitrogens with one attached hydrogen (secondary N) is 1. The maximum Gasteiger partial charge on any atom is 0.170 e. The zero-order valence-corrected chi connectivity index (χ0v) is 11.1. The lowest BCUT2D eigenvalue weighted by Crippen LogP contribution is -2.18. The predicted molar refractivity (Wildman–Crippen MR) is 69.6 cm³/mol. The van der Waals surface area contributed by atoms with E-state index in [0.717, 1.165) is 30.8 Å². The van der Waals surface area contributed by atoms with Crippen molar-refractivity contribution in [2.45, 2.75) is 13.3 Å². The molecule has 1 N–H and O–H groups in total. The minimum atomic E-state index is 0.0618. The van der Waals surface area contributed by atoms with Crippen LogP contribution in [0.25, 0.3) is 0 Å². The highest BCUT2D eigenvalue weighted by molar-refractivity contribution is 6.01. The van der Waals surface area contributed by atoms with Crippen molar-refractivity contribution in [2.75, 3.05) is 27.3 Å². The standard InChI is InChI=1S/C14H19NO3/c1-9-12(17-2)5-4-11(14(9)18-3)13(16)10-6-7-15-8-10/h4-5,10,15H,6-8H2,1-3H3. The van der Waals surface area contributed by atoms with Crippen molar-refractivity contribution >= 4 is 5.78 Å². The van der Waals surface area contributed by atoms with E-state index in [1.807, 2.05) is 13.0 Å². The Balaban J connectivity index is 2.37. The molecule has 1 aliphatic rings. The average molecular weight is 249 g/mol. The summed E-state index contributed by atoms with van der Waals surface area (Å²) in [6.45, 7) is 3.57. The number of benzene rings is 1. The molecule has 4 nitrogen and oxygen atoms in total.